The van der Waals surface area contributed by atoms with E-state index in [0.717, 1.165) is 25.7 Å². The van der Waals surface area contributed by atoms with Crippen LogP contribution in [0.15, 0.2) is 34.0 Å². The van der Waals surface area contributed by atoms with E-state index in [1.165, 1.54) is 22.6 Å². The summed E-state index contributed by atoms with van der Waals surface area (Å²) in [5, 5.41) is 6.74. The Hall–Kier alpha value is -2.66. The van der Waals surface area contributed by atoms with E-state index in [0.29, 0.717) is 38.3 Å². The van der Waals surface area contributed by atoms with Gasteiger partial charge in [0.05, 0.1) is 11.8 Å². The summed E-state index contributed by atoms with van der Waals surface area (Å²) in [6, 6.07) is 2.80. The normalized spacial score (nSPS) is 18.4. The van der Waals surface area contributed by atoms with Crippen molar-refractivity contribution < 1.29 is 22.4 Å². The van der Waals surface area contributed by atoms with E-state index in [9.17, 15) is 18.0 Å². The van der Waals surface area contributed by atoms with Crippen molar-refractivity contribution in [1.82, 2.24) is 24.3 Å². The van der Waals surface area contributed by atoms with Crippen LogP contribution < -0.4 is 5.32 Å². The molecule has 0 aliphatic carbocycles. The number of hydrogen-bond acceptors (Lipinski definition) is 6. The number of nitrogens with zero attached hydrogens (tertiary/aromatic N) is 4. The molecular weight excluding hydrogens is 422 g/mol. The van der Waals surface area contributed by atoms with E-state index in [-0.39, 0.29) is 28.6 Å². The SMILES string of the molecule is Cn1cc(C(=O)NCC2CCN(C(=O)c3ccc(S(=O)(=O)N4CCCC4)o3)CC2)cn1. The van der Waals surface area contributed by atoms with Crippen molar-refractivity contribution in [2.45, 2.75) is 30.8 Å². The van der Waals surface area contributed by atoms with Crippen molar-refractivity contribution in [3.8, 4) is 0 Å². The zero-order valence-electron chi connectivity index (χ0n) is 17.5. The highest BCUT2D eigenvalue weighted by Crippen LogP contribution is 2.24. The van der Waals surface area contributed by atoms with Crippen LogP contribution in [0.25, 0.3) is 0 Å². The average molecular weight is 450 g/mol. The number of sulfonamides is 1. The number of hydrogen-bond donors (Lipinski definition) is 1. The van der Waals surface area contributed by atoms with Crippen molar-refractivity contribution in [1.29, 1.82) is 0 Å². The maximum Gasteiger partial charge on any atom is 0.289 e. The Morgan fingerprint density at radius 2 is 1.87 bits per heavy atom. The standard InChI is InChI=1S/C20H27N5O5S/c1-23-14-16(13-22-23)19(26)21-12-15-6-10-24(11-7-15)20(27)17-4-5-18(30-17)31(28,29)25-8-2-3-9-25/h4-5,13-15H,2-3,6-12H2,1H3,(H,21,26). The molecule has 4 rings (SSSR count). The first-order valence-corrected chi connectivity index (χ1v) is 11.9. The lowest BCUT2D eigenvalue weighted by Gasteiger charge is -2.31. The van der Waals surface area contributed by atoms with E-state index < -0.39 is 10.0 Å². The quantitative estimate of drug-likeness (QED) is 0.705. The fourth-order valence-corrected chi connectivity index (χ4v) is 5.43. The second kappa shape index (κ2) is 8.83. The zero-order valence-corrected chi connectivity index (χ0v) is 18.3. The smallest absolute Gasteiger partial charge is 0.289 e. The third-order valence-corrected chi connectivity index (χ3v) is 7.64. The number of aromatic nitrogens is 2. The molecule has 2 saturated heterocycles. The molecule has 31 heavy (non-hydrogen) atoms. The molecule has 2 amide bonds. The lowest BCUT2D eigenvalue weighted by molar-refractivity contribution is 0.0647. The molecule has 1 N–H and O–H groups in total. The first-order valence-electron chi connectivity index (χ1n) is 10.5. The molecule has 168 valence electrons. The average Bonchev–Trinajstić information content (AvgIpc) is 3.53. The number of nitrogens with one attached hydrogen (secondary N) is 1. The summed E-state index contributed by atoms with van der Waals surface area (Å²) in [7, 11) is -1.92. The molecule has 0 atom stereocenters. The van der Waals surface area contributed by atoms with Crippen LogP contribution in [0.4, 0.5) is 0 Å². The second-order valence-corrected chi connectivity index (χ2v) is 9.95. The Balaban J connectivity index is 1.28. The summed E-state index contributed by atoms with van der Waals surface area (Å²) in [5.74, 6) is -0.150. The van der Waals surface area contributed by atoms with Gasteiger partial charge in [-0.3, -0.25) is 14.3 Å². The van der Waals surface area contributed by atoms with Gasteiger partial charge in [0.2, 0.25) is 5.09 Å². The van der Waals surface area contributed by atoms with Crippen LogP contribution in [0.3, 0.4) is 0 Å². The van der Waals surface area contributed by atoms with E-state index in [4.69, 9.17) is 4.42 Å². The van der Waals surface area contributed by atoms with E-state index in [1.807, 2.05) is 0 Å². The van der Waals surface area contributed by atoms with Crippen LogP contribution in [-0.2, 0) is 17.1 Å². The van der Waals surface area contributed by atoms with Crippen molar-refractivity contribution in [3.63, 3.8) is 0 Å². The van der Waals surface area contributed by atoms with Gasteiger partial charge in [0.1, 0.15) is 0 Å². The molecule has 0 aromatic carbocycles. The van der Waals surface area contributed by atoms with Crippen molar-refractivity contribution in [2.75, 3.05) is 32.7 Å². The number of amides is 2. The highest BCUT2D eigenvalue weighted by Gasteiger charge is 2.32. The molecule has 0 radical (unpaired) electrons. The Morgan fingerprint density at radius 3 is 2.52 bits per heavy atom. The lowest BCUT2D eigenvalue weighted by atomic mass is 9.96. The molecule has 2 fully saturated rings. The van der Waals surface area contributed by atoms with Crippen LogP contribution in [0, 0.1) is 5.92 Å². The molecular formula is C20H27N5O5S. The molecule has 2 aromatic heterocycles. The Bertz CT molecular complexity index is 1050. The van der Waals surface area contributed by atoms with Gasteiger partial charge in [0.25, 0.3) is 21.8 Å². The van der Waals surface area contributed by atoms with Crippen LogP contribution in [0.2, 0.25) is 0 Å². The maximum absolute atomic E-state index is 12.8. The number of rotatable bonds is 6. The van der Waals surface area contributed by atoms with Gasteiger partial charge in [-0.2, -0.15) is 9.40 Å². The molecule has 10 nitrogen and oxygen atoms in total. The minimum absolute atomic E-state index is 0.0427. The monoisotopic (exact) mass is 449 g/mol. The first-order chi connectivity index (χ1) is 14.8. The third kappa shape index (κ3) is 4.67. The number of piperidine rings is 1. The van der Waals surface area contributed by atoms with Gasteiger partial charge in [0, 0.05) is 46.0 Å². The summed E-state index contributed by atoms with van der Waals surface area (Å²) in [6.45, 7) is 2.56. The summed E-state index contributed by atoms with van der Waals surface area (Å²) >= 11 is 0. The molecule has 0 spiro atoms. The molecule has 2 aliphatic rings. The van der Waals surface area contributed by atoms with Gasteiger partial charge < -0.3 is 14.6 Å². The largest absolute Gasteiger partial charge is 0.438 e. The Labute approximate surface area is 181 Å². The second-order valence-electron chi connectivity index (χ2n) is 8.08. The topological polar surface area (TPSA) is 118 Å². The fourth-order valence-electron chi connectivity index (χ4n) is 4.00. The van der Waals surface area contributed by atoms with Crippen molar-refractivity contribution in [3.05, 3.63) is 35.9 Å². The molecule has 2 aromatic rings. The van der Waals surface area contributed by atoms with E-state index in [2.05, 4.69) is 10.4 Å². The Kier molecular flexibility index (Phi) is 6.15. The van der Waals surface area contributed by atoms with E-state index >= 15 is 0 Å². The molecule has 0 saturated carbocycles. The summed E-state index contributed by atoms with van der Waals surface area (Å²) < 4.78 is 33.6. The molecule has 0 bridgehead atoms. The van der Waals surface area contributed by atoms with Crippen LogP contribution in [0.1, 0.15) is 46.6 Å². The number of furan rings is 1. The lowest BCUT2D eigenvalue weighted by Crippen LogP contribution is -2.41. The van der Waals surface area contributed by atoms with Crippen LogP contribution in [0.5, 0.6) is 0 Å². The number of carbonyl (C=O) groups is 2. The van der Waals surface area contributed by atoms with Crippen LogP contribution >= 0.6 is 0 Å². The zero-order chi connectivity index (χ0) is 22.0. The van der Waals surface area contributed by atoms with Crippen molar-refractivity contribution in [2.24, 2.45) is 13.0 Å². The fraction of sp³-hybridized carbons (Fsp3) is 0.550. The number of carbonyl (C=O) groups excluding carboxylic acids is 2. The summed E-state index contributed by atoms with van der Waals surface area (Å²) in [6.07, 6.45) is 6.36. The minimum Gasteiger partial charge on any atom is -0.438 e. The molecule has 4 heterocycles. The van der Waals surface area contributed by atoms with Gasteiger partial charge in [-0.1, -0.05) is 0 Å². The predicted octanol–water partition coefficient (Wildman–Crippen LogP) is 1.08. The molecule has 0 unspecified atom stereocenters. The highest BCUT2D eigenvalue weighted by molar-refractivity contribution is 7.89. The van der Waals surface area contributed by atoms with Gasteiger partial charge in [-0.05, 0) is 43.7 Å². The maximum atomic E-state index is 12.8. The summed E-state index contributed by atoms with van der Waals surface area (Å²) in [4.78, 5) is 26.6. The highest BCUT2D eigenvalue weighted by atomic mass is 32.2. The molecule has 11 heteroatoms. The predicted molar refractivity (Wildman–Crippen MR) is 111 cm³/mol. The minimum atomic E-state index is -3.68. The van der Waals surface area contributed by atoms with Gasteiger partial charge in [0.15, 0.2) is 5.76 Å². The summed E-state index contributed by atoms with van der Waals surface area (Å²) in [5.41, 5.74) is 0.521. The van der Waals surface area contributed by atoms with Crippen LogP contribution in [-0.4, -0.2) is 71.9 Å². The van der Waals surface area contributed by atoms with Crippen molar-refractivity contribution >= 4 is 21.8 Å². The Morgan fingerprint density at radius 1 is 1.16 bits per heavy atom. The number of aryl methyl sites for hydroxylation is 1. The number of likely N-dealkylation sites (tertiary alicyclic amines) is 1. The first kappa shape index (κ1) is 21.6. The molecule has 2 aliphatic heterocycles. The van der Waals surface area contributed by atoms with Gasteiger partial charge in [-0.15, -0.1) is 0 Å². The van der Waals surface area contributed by atoms with E-state index in [1.54, 1.807) is 22.8 Å². The van der Waals surface area contributed by atoms with Gasteiger partial charge >= 0.3 is 0 Å². The van der Waals surface area contributed by atoms with Gasteiger partial charge in [-0.25, -0.2) is 8.42 Å². The third-order valence-electron chi connectivity index (χ3n) is 5.87.